The minimum Gasteiger partial charge on any atom is -0.481 e. The number of fused-ring (bicyclic) bond motifs is 1. The van der Waals surface area contributed by atoms with Crippen molar-refractivity contribution in [2.45, 2.75) is 57.4 Å². The van der Waals surface area contributed by atoms with Crippen molar-refractivity contribution in [3.05, 3.63) is 113 Å². The Bertz CT molecular complexity index is 2040. The number of anilines is 2. The molecular weight excluding hydrogens is 693 g/mol. The van der Waals surface area contributed by atoms with Gasteiger partial charge in [-0.15, -0.1) is 0 Å². The van der Waals surface area contributed by atoms with E-state index in [4.69, 9.17) is 4.98 Å². The van der Waals surface area contributed by atoms with Crippen LogP contribution in [-0.2, 0) is 11.2 Å². The highest BCUT2D eigenvalue weighted by Crippen LogP contribution is 2.34. The van der Waals surface area contributed by atoms with Crippen LogP contribution < -0.4 is 15.5 Å². The van der Waals surface area contributed by atoms with Crippen LogP contribution in [0.5, 0.6) is 0 Å². The van der Waals surface area contributed by atoms with Gasteiger partial charge in [0, 0.05) is 67.4 Å². The summed E-state index contributed by atoms with van der Waals surface area (Å²) in [7, 11) is 1.74. The van der Waals surface area contributed by atoms with Gasteiger partial charge in [0.25, 0.3) is 17.7 Å². The van der Waals surface area contributed by atoms with Crippen LogP contribution in [0, 0.1) is 5.92 Å². The largest absolute Gasteiger partial charge is 0.481 e. The molecule has 7 rings (SSSR count). The Morgan fingerprint density at radius 3 is 2.36 bits per heavy atom. The highest BCUT2D eigenvalue weighted by molar-refractivity contribution is 6.08. The fourth-order valence-corrected chi connectivity index (χ4v) is 8.07. The Kier molecular flexibility index (Phi) is 11.9. The summed E-state index contributed by atoms with van der Waals surface area (Å²) in [5.41, 5.74) is 6.55. The topological polar surface area (TPSA) is 135 Å². The Morgan fingerprint density at radius 2 is 1.56 bits per heavy atom. The SMILES string of the molecule is CN(CCN1CCC(C(=O)O)CC1)C(=O)c1cccc(C(=O)Nc2ccc(N3CCCCC3)cc2-c2cc(C(=O)N[C@H]3CCCc4ccccc43)ccn2)c1. The fraction of sp³-hybridized carbons (Fsp3) is 0.386. The molecule has 55 heavy (non-hydrogen) atoms. The minimum atomic E-state index is -0.742. The first-order valence-electron chi connectivity index (χ1n) is 19.6. The molecule has 1 atom stereocenters. The van der Waals surface area contributed by atoms with E-state index in [2.05, 4.69) is 32.6 Å². The number of carboxylic acids is 1. The molecule has 4 aromatic rings. The van der Waals surface area contributed by atoms with Crippen LogP contribution in [0.25, 0.3) is 11.3 Å². The minimum absolute atomic E-state index is 0.0583. The van der Waals surface area contributed by atoms with E-state index in [1.807, 2.05) is 30.3 Å². The van der Waals surface area contributed by atoms with Gasteiger partial charge < -0.3 is 30.4 Å². The molecule has 3 N–H and O–H groups in total. The number of hydrogen-bond donors (Lipinski definition) is 3. The Balaban J connectivity index is 1.08. The molecule has 0 spiro atoms. The molecule has 11 nitrogen and oxygen atoms in total. The normalized spacial score (nSPS) is 17.5. The van der Waals surface area contributed by atoms with E-state index in [0.29, 0.717) is 72.7 Å². The second kappa shape index (κ2) is 17.3. The molecule has 3 heterocycles. The van der Waals surface area contributed by atoms with Crippen molar-refractivity contribution in [1.29, 1.82) is 0 Å². The third kappa shape index (κ3) is 9.05. The average Bonchev–Trinajstić information content (AvgIpc) is 3.23. The van der Waals surface area contributed by atoms with Gasteiger partial charge in [-0.3, -0.25) is 24.2 Å². The molecule has 1 aromatic heterocycles. The van der Waals surface area contributed by atoms with Crippen LogP contribution >= 0.6 is 0 Å². The van der Waals surface area contributed by atoms with Crippen LogP contribution in [0.4, 0.5) is 11.4 Å². The molecule has 2 saturated heterocycles. The molecule has 11 heteroatoms. The number of benzene rings is 3. The lowest BCUT2D eigenvalue weighted by molar-refractivity contribution is -0.143. The number of nitrogens with zero attached hydrogens (tertiary/aromatic N) is 4. The van der Waals surface area contributed by atoms with Crippen molar-refractivity contribution in [1.82, 2.24) is 20.1 Å². The highest BCUT2D eigenvalue weighted by atomic mass is 16.4. The monoisotopic (exact) mass is 742 g/mol. The average molecular weight is 743 g/mol. The Morgan fingerprint density at radius 1 is 0.800 bits per heavy atom. The number of aromatic nitrogens is 1. The summed E-state index contributed by atoms with van der Waals surface area (Å²) in [6, 6.07) is 24.4. The van der Waals surface area contributed by atoms with Crippen molar-refractivity contribution in [2.24, 2.45) is 5.92 Å². The first kappa shape index (κ1) is 37.8. The molecular formula is C44H50N6O5. The van der Waals surface area contributed by atoms with E-state index in [1.54, 1.807) is 54.5 Å². The predicted molar refractivity (Wildman–Crippen MR) is 213 cm³/mol. The number of carbonyl (C=O) groups excluding carboxylic acids is 3. The van der Waals surface area contributed by atoms with Crippen molar-refractivity contribution >= 4 is 35.1 Å². The van der Waals surface area contributed by atoms with Gasteiger partial charge in [0.05, 0.1) is 23.3 Å². The van der Waals surface area contributed by atoms with Gasteiger partial charge >= 0.3 is 5.97 Å². The standard InChI is InChI=1S/C44H50N6O5/c1-48(25-26-49-23-18-31(19-24-49)44(54)55)43(53)34-12-7-11-32(27-34)41(51)47-39-16-15-35(50-21-5-2-6-22-50)29-37(39)40-28-33(17-20-45-40)42(52)46-38-14-8-10-30-9-3-4-13-36(30)38/h3-4,7,9,11-13,15-17,20,27-29,31,38H,2,5-6,8,10,14,18-19,21-26H2,1H3,(H,46,52)(H,47,51)(H,54,55)/t38-/m0/s1. The molecule has 0 unspecified atom stereocenters. The van der Waals surface area contributed by atoms with Gasteiger partial charge in [-0.25, -0.2) is 0 Å². The molecule has 3 amide bonds. The number of aryl methyl sites for hydroxylation is 1. The van der Waals surface area contributed by atoms with Gasteiger partial charge in [0.15, 0.2) is 0 Å². The number of hydrogen-bond acceptors (Lipinski definition) is 7. The maximum Gasteiger partial charge on any atom is 0.306 e. The smallest absolute Gasteiger partial charge is 0.306 e. The second-order valence-corrected chi connectivity index (χ2v) is 15.0. The number of likely N-dealkylation sites (tertiary alicyclic amines) is 1. The molecule has 3 aliphatic rings. The van der Waals surface area contributed by atoms with E-state index in [-0.39, 0.29) is 29.7 Å². The maximum absolute atomic E-state index is 13.9. The zero-order valence-electron chi connectivity index (χ0n) is 31.5. The van der Waals surface area contributed by atoms with E-state index in [0.717, 1.165) is 50.9 Å². The van der Waals surface area contributed by atoms with Crippen LogP contribution in [0.1, 0.15) is 93.2 Å². The molecule has 0 saturated carbocycles. The predicted octanol–water partition coefficient (Wildman–Crippen LogP) is 6.67. The number of amides is 3. The second-order valence-electron chi connectivity index (χ2n) is 15.0. The Labute approximate surface area is 322 Å². The first-order valence-corrected chi connectivity index (χ1v) is 19.6. The number of rotatable bonds is 11. The number of piperidine rings is 2. The van der Waals surface area contributed by atoms with E-state index >= 15 is 0 Å². The van der Waals surface area contributed by atoms with Crippen molar-refractivity contribution in [3.8, 4) is 11.3 Å². The van der Waals surface area contributed by atoms with E-state index in [9.17, 15) is 24.3 Å². The molecule has 0 radical (unpaired) electrons. The van der Waals surface area contributed by atoms with E-state index < -0.39 is 5.97 Å². The van der Waals surface area contributed by atoms with Gasteiger partial charge in [-0.2, -0.15) is 0 Å². The van der Waals surface area contributed by atoms with Gasteiger partial charge in [-0.1, -0.05) is 30.3 Å². The number of nitrogens with one attached hydrogen (secondary N) is 2. The number of pyridine rings is 1. The quantitative estimate of drug-likeness (QED) is 0.155. The fourth-order valence-electron chi connectivity index (χ4n) is 8.07. The lowest BCUT2D eigenvalue weighted by Crippen LogP contribution is -2.41. The van der Waals surface area contributed by atoms with Crippen molar-refractivity contribution < 1.29 is 24.3 Å². The number of carbonyl (C=O) groups is 4. The maximum atomic E-state index is 13.9. The highest BCUT2D eigenvalue weighted by Gasteiger charge is 2.26. The molecule has 3 aromatic carbocycles. The molecule has 2 aliphatic heterocycles. The van der Waals surface area contributed by atoms with E-state index in [1.165, 1.54) is 17.5 Å². The summed E-state index contributed by atoms with van der Waals surface area (Å²) < 4.78 is 0. The summed E-state index contributed by atoms with van der Waals surface area (Å²) in [4.78, 5) is 63.2. The summed E-state index contributed by atoms with van der Waals surface area (Å²) in [6.07, 6.45) is 9.20. The van der Waals surface area contributed by atoms with Gasteiger partial charge in [0.1, 0.15) is 0 Å². The summed E-state index contributed by atoms with van der Waals surface area (Å²) in [5, 5.41) is 15.6. The first-order chi connectivity index (χ1) is 26.7. The third-order valence-electron chi connectivity index (χ3n) is 11.4. The lowest BCUT2D eigenvalue weighted by atomic mass is 9.87. The van der Waals surface area contributed by atoms with Gasteiger partial charge in [-0.05, 0) is 124 Å². The molecule has 0 bridgehead atoms. The Hall–Kier alpha value is -5.55. The molecule has 286 valence electrons. The summed E-state index contributed by atoms with van der Waals surface area (Å²) >= 11 is 0. The summed E-state index contributed by atoms with van der Waals surface area (Å²) in [6.45, 7) is 4.41. The molecule has 1 aliphatic carbocycles. The van der Waals surface area contributed by atoms with Crippen LogP contribution in [0.3, 0.4) is 0 Å². The lowest BCUT2D eigenvalue weighted by Gasteiger charge is -2.31. The molecule has 2 fully saturated rings. The third-order valence-corrected chi connectivity index (χ3v) is 11.4. The zero-order valence-corrected chi connectivity index (χ0v) is 31.5. The number of carboxylic acid groups (broad SMARTS) is 1. The summed E-state index contributed by atoms with van der Waals surface area (Å²) in [5.74, 6) is -1.77. The zero-order chi connectivity index (χ0) is 38.3. The van der Waals surface area contributed by atoms with Crippen molar-refractivity contribution in [2.75, 3.05) is 56.5 Å². The number of likely N-dealkylation sites (N-methyl/N-ethyl adjacent to an activating group) is 1. The van der Waals surface area contributed by atoms with Crippen LogP contribution in [0.2, 0.25) is 0 Å². The number of aliphatic carboxylic acids is 1. The van der Waals surface area contributed by atoms with Crippen molar-refractivity contribution in [3.63, 3.8) is 0 Å². The van der Waals surface area contributed by atoms with Crippen LogP contribution in [-0.4, -0.2) is 89.9 Å². The van der Waals surface area contributed by atoms with Gasteiger partial charge in [0.2, 0.25) is 0 Å². The van der Waals surface area contributed by atoms with Crippen LogP contribution in [0.15, 0.2) is 85.1 Å².